The number of β-amino-alcohol motifs (C(OH)–C–C–N with tert-alkyl or cyclic N) is 1. The lowest BCUT2D eigenvalue weighted by molar-refractivity contribution is -0.00237. The second-order valence-corrected chi connectivity index (χ2v) is 5.68. The number of amides is 1. The van der Waals surface area contributed by atoms with E-state index in [1.54, 1.807) is 22.0 Å². The predicted octanol–water partition coefficient (Wildman–Crippen LogP) is 1.15. The first-order chi connectivity index (χ1) is 11.2. The molecule has 2 heterocycles. The zero-order chi connectivity index (χ0) is 16.2. The van der Waals surface area contributed by atoms with Crippen LogP contribution in [0.1, 0.15) is 22.8 Å². The van der Waals surface area contributed by atoms with Crippen LogP contribution in [0, 0.1) is 0 Å². The van der Waals surface area contributed by atoms with Gasteiger partial charge in [-0.3, -0.25) is 9.48 Å². The van der Waals surface area contributed by atoms with Crippen molar-refractivity contribution < 1.29 is 14.6 Å². The van der Waals surface area contributed by atoms with Crippen LogP contribution in [0.15, 0.2) is 42.7 Å². The molecule has 0 saturated carbocycles. The smallest absolute Gasteiger partial charge is 0.257 e. The standard InChI is InChI=1S/C17H21N3O3/c1-2-23-16-12-19(11-15(16)21)17(22)14-8-18-20(10-14)9-13-6-4-3-5-7-13/h3-8,10,15-16,21H,2,9,11-12H2,1H3/t15-,16-/m1/s1. The van der Waals surface area contributed by atoms with Gasteiger partial charge >= 0.3 is 0 Å². The van der Waals surface area contributed by atoms with Gasteiger partial charge in [-0.15, -0.1) is 0 Å². The Kier molecular flexibility index (Phi) is 4.73. The summed E-state index contributed by atoms with van der Waals surface area (Å²) in [5.41, 5.74) is 1.66. The van der Waals surface area contributed by atoms with E-state index < -0.39 is 6.10 Å². The molecule has 1 fully saturated rings. The fraction of sp³-hybridized carbons (Fsp3) is 0.412. The molecule has 23 heavy (non-hydrogen) atoms. The number of nitrogens with zero attached hydrogens (tertiary/aromatic N) is 3. The molecule has 3 rings (SSSR count). The molecule has 0 spiro atoms. The maximum atomic E-state index is 12.5. The summed E-state index contributed by atoms with van der Waals surface area (Å²) >= 11 is 0. The number of carbonyl (C=O) groups excluding carboxylic acids is 1. The predicted molar refractivity (Wildman–Crippen MR) is 85.1 cm³/mol. The highest BCUT2D eigenvalue weighted by atomic mass is 16.5. The number of ether oxygens (including phenoxy) is 1. The van der Waals surface area contributed by atoms with Gasteiger partial charge in [-0.05, 0) is 12.5 Å². The molecule has 0 radical (unpaired) electrons. The van der Waals surface area contributed by atoms with Crippen molar-refractivity contribution >= 4 is 5.91 Å². The lowest BCUT2D eigenvalue weighted by Crippen LogP contribution is -2.29. The van der Waals surface area contributed by atoms with Crippen LogP contribution in [0.3, 0.4) is 0 Å². The summed E-state index contributed by atoms with van der Waals surface area (Å²) in [6, 6.07) is 9.96. The summed E-state index contributed by atoms with van der Waals surface area (Å²) in [4.78, 5) is 14.1. The molecule has 1 aromatic carbocycles. The number of aromatic nitrogens is 2. The Balaban J connectivity index is 1.65. The quantitative estimate of drug-likeness (QED) is 0.899. The third-order valence-electron chi connectivity index (χ3n) is 3.97. The number of hydrogen-bond acceptors (Lipinski definition) is 4. The topological polar surface area (TPSA) is 67.6 Å². The van der Waals surface area contributed by atoms with Crippen molar-refractivity contribution in [3.8, 4) is 0 Å². The van der Waals surface area contributed by atoms with Crippen LogP contribution >= 0.6 is 0 Å². The Morgan fingerprint density at radius 1 is 1.35 bits per heavy atom. The van der Waals surface area contributed by atoms with E-state index in [0.717, 1.165) is 5.56 Å². The van der Waals surface area contributed by atoms with Crippen LogP contribution in [0.5, 0.6) is 0 Å². The highest BCUT2D eigenvalue weighted by Crippen LogP contribution is 2.17. The highest BCUT2D eigenvalue weighted by Gasteiger charge is 2.35. The van der Waals surface area contributed by atoms with E-state index in [2.05, 4.69) is 5.10 Å². The van der Waals surface area contributed by atoms with Gasteiger partial charge in [0.25, 0.3) is 5.91 Å². The van der Waals surface area contributed by atoms with Gasteiger partial charge in [-0.2, -0.15) is 5.10 Å². The maximum absolute atomic E-state index is 12.5. The zero-order valence-electron chi connectivity index (χ0n) is 13.1. The van der Waals surface area contributed by atoms with Crippen molar-refractivity contribution in [2.75, 3.05) is 19.7 Å². The minimum atomic E-state index is -0.627. The number of rotatable bonds is 5. The van der Waals surface area contributed by atoms with E-state index in [4.69, 9.17) is 4.74 Å². The van der Waals surface area contributed by atoms with Crippen LogP contribution in [0.2, 0.25) is 0 Å². The molecule has 2 atom stereocenters. The molecule has 0 bridgehead atoms. The lowest BCUT2D eigenvalue weighted by Gasteiger charge is -2.14. The van der Waals surface area contributed by atoms with Crippen molar-refractivity contribution in [3.63, 3.8) is 0 Å². The van der Waals surface area contributed by atoms with Gasteiger partial charge in [-0.1, -0.05) is 30.3 Å². The molecule has 0 aliphatic carbocycles. The second kappa shape index (κ2) is 6.93. The van der Waals surface area contributed by atoms with E-state index in [9.17, 15) is 9.90 Å². The summed E-state index contributed by atoms with van der Waals surface area (Å²) in [5.74, 6) is -0.120. The minimum Gasteiger partial charge on any atom is -0.388 e. The molecule has 122 valence electrons. The van der Waals surface area contributed by atoms with Gasteiger partial charge in [0, 0.05) is 25.9 Å². The molecular weight excluding hydrogens is 294 g/mol. The number of likely N-dealkylation sites (tertiary alicyclic amines) is 1. The maximum Gasteiger partial charge on any atom is 0.257 e. The van der Waals surface area contributed by atoms with Crippen LogP contribution in [-0.4, -0.2) is 57.6 Å². The second-order valence-electron chi connectivity index (χ2n) is 5.68. The third kappa shape index (κ3) is 3.60. The number of hydrogen-bond donors (Lipinski definition) is 1. The molecule has 1 N–H and O–H groups in total. The summed E-state index contributed by atoms with van der Waals surface area (Å²) in [7, 11) is 0. The monoisotopic (exact) mass is 315 g/mol. The van der Waals surface area contributed by atoms with Gasteiger partial charge in [0.05, 0.1) is 24.4 Å². The molecule has 2 aromatic rings. The highest BCUT2D eigenvalue weighted by molar-refractivity contribution is 5.94. The van der Waals surface area contributed by atoms with E-state index in [0.29, 0.717) is 31.8 Å². The van der Waals surface area contributed by atoms with E-state index in [1.165, 1.54) is 0 Å². The number of carbonyl (C=O) groups is 1. The third-order valence-corrected chi connectivity index (χ3v) is 3.97. The Labute approximate surface area is 135 Å². The molecule has 1 amide bonds. The lowest BCUT2D eigenvalue weighted by atomic mass is 10.2. The molecule has 1 aliphatic rings. The minimum absolute atomic E-state index is 0.120. The number of benzene rings is 1. The average molecular weight is 315 g/mol. The first-order valence-corrected chi connectivity index (χ1v) is 7.82. The Hall–Kier alpha value is -2.18. The first kappa shape index (κ1) is 15.7. The van der Waals surface area contributed by atoms with Crippen LogP contribution in [0.4, 0.5) is 0 Å². The normalized spacial score (nSPS) is 20.9. The fourth-order valence-electron chi connectivity index (χ4n) is 2.81. The van der Waals surface area contributed by atoms with Gasteiger partial charge in [0.2, 0.25) is 0 Å². The summed E-state index contributed by atoms with van der Waals surface area (Å²) in [5, 5.41) is 14.2. The largest absolute Gasteiger partial charge is 0.388 e. The molecule has 1 aromatic heterocycles. The van der Waals surface area contributed by atoms with E-state index >= 15 is 0 Å². The SMILES string of the molecule is CCO[C@@H]1CN(C(=O)c2cnn(Cc3ccccc3)c2)C[C@H]1O. The molecule has 6 heteroatoms. The molecule has 0 unspecified atom stereocenters. The Morgan fingerprint density at radius 3 is 2.87 bits per heavy atom. The number of aliphatic hydroxyl groups is 1. The zero-order valence-corrected chi connectivity index (χ0v) is 13.1. The van der Waals surface area contributed by atoms with Crippen molar-refractivity contribution in [3.05, 3.63) is 53.9 Å². The summed E-state index contributed by atoms with van der Waals surface area (Å²) < 4.78 is 7.20. The van der Waals surface area contributed by atoms with E-state index in [1.807, 2.05) is 37.3 Å². The van der Waals surface area contributed by atoms with Gasteiger partial charge in [-0.25, -0.2) is 0 Å². The first-order valence-electron chi connectivity index (χ1n) is 7.82. The molecular formula is C17H21N3O3. The van der Waals surface area contributed by atoms with Crippen molar-refractivity contribution in [1.82, 2.24) is 14.7 Å². The fourth-order valence-corrected chi connectivity index (χ4v) is 2.81. The van der Waals surface area contributed by atoms with Crippen LogP contribution < -0.4 is 0 Å². The summed E-state index contributed by atoms with van der Waals surface area (Å²) in [6.07, 6.45) is 2.39. The van der Waals surface area contributed by atoms with Gasteiger partial charge < -0.3 is 14.7 Å². The Morgan fingerprint density at radius 2 is 2.13 bits per heavy atom. The van der Waals surface area contributed by atoms with Crippen molar-refractivity contribution in [2.45, 2.75) is 25.7 Å². The van der Waals surface area contributed by atoms with Crippen LogP contribution in [-0.2, 0) is 11.3 Å². The number of aliphatic hydroxyl groups excluding tert-OH is 1. The van der Waals surface area contributed by atoms with Crippen molar-refractivity contribution in [2.24, 2.45) is 0 Å². The average Bonchev–Trinajstić information content (AvgIpc) is 3.16. The van der Waals surface area contributed by atoms with E-state index in [-0.39, 0.29) is 12.0 Å². The molecule has 1 aliphatic heterocycles. The molecule has 1 saturated heterocycles. The summed E-state index contributed by atoms with van der Waals surface area (Å²) in [6.45, 7) is 3.74. The Bertz CT molecular complexity index is 656. The van der Waals surface area contributed by atoms with Gasteiger partial charge in [0.15, 0.2) is 0 Å². The van der Waals surface area contributed by atoms with Crippen molar-refractivity contribution in [1.29, 1.82) is 0 Å². The van der Waals surface area contributed by atoms with Gasteiger partial charge in [0.1, 0.15) is 6.10 Å². The molecule has 6 nitrogen and oxygen atoms in total. The van der Waals surface area contributed by atoms with Crippen LogP contribution in [0.25, 0.3) is 0 Å².